The van der Waals surface area contributed by atoms with Crippen molar-refractivity contribution >= 4 is 44.8 Å². The third kappa shape index (κ3) is 4.91. The van der Waals surface area contributed by atoms with E-state index in [9.17, 15) is 26.4 Å². The Hall–Kier alpha value is -1.81. The summed E-state index contributed by atoms with van der Waals surface area (Å²) >= 11 is 11.9. The third-order valence-corrected chi connectivity index (χ3v) is 7.44. The number of rotatable bonds is 4. The van der Waals surface area contributed by atoms with Crippen molar-refractivity contribution in [3.63, 3.8) is 0 Å². The quantitative estimate of drug-likeness (QED) is 0.665. The summed E-state index contributed by atoms with van der Waals surface area (Å²) in [5.41, 5.74) is -1.26. The van der Waals surface area contributed by atoms with Crippen molar-refractivity contribution in [3.05, 3.63) is 58.1 Å². The van der Waals surface area contributed by atoms with Crippen LogP contribution in [0.2, 0.25) is 10.0 Å². The van der Waals surface area contributed by atoms with Gasteiger partial charge in [-0.25, -0.2) is 8.42 Å². The first-order valence-electron chi connectivity index (χ1n) is 8.92. The van der Waals surface area contributed by atoms with Crippen molar-refractivity contribution in [2.45, 2.75) is 23.9 Å². The molecule has 11 heteroatoms. The predicted molar refractivity (Wildman–Crippen MR) is 108 cm³/mol. The topological polar surface area (TPSA) is 66.5 Å². The van der Waals surface area contributed by atoms with E-state index >= 15 is 0 Å². The lowest BCUT2D eigenvalue weighted by atomic mass is 9.97. The first-order valence-corrected chi connectivity index (χ1v) is 11.1. The maximum atomic E-state index is 13.1. The second kappa shape index (κ2) is 8.74. The molecule has 2 aromatic rings. The van der Waals surface area contributed by atoms with Crippen LogP contribution >= 0.6 is 23.2 Å². The molecule has 1 fully saturated rings. The third-order valence-electron chi connectivity index (χ3n) is 4.83. The van der Waals surface area contributed by atoms with E-state index in [2.05, 4.69) is 5.32 Å². The largest absolute Gasteiger partial charge is 0.418 e. The van der Waals surface area contributed by atoms with Gasteiger partial charge in [0, 0.05) is 24.0 Å². The van der Waals surface area contributed by atoms with Gasteiger partial charge >= 0.3 is 6.18 Å². The molecule has 1 heterocycles. The van der Waals surface area contributed by atoms with Gasteiger partial charge in [-0.05, 0) is 43.2 Å². The van der Waals surface area contributed by atoms with Crippen LogP contribution in [0.4, 0.5) is 18.9 Å². The van der Waals surface area contributed by atoms with Crippen LogP contribution in [-0.4, -0.2) is 31.7 Å². The number of hydrogen-bond donors (Lipinski definition) is 1. The van der Waals surface area contributed by atoms with Crippen LogP contribution in [0.15, 0.2) is 47.4 Å². The summed E-state index contributed by atoms with van der Waals surface area (Å²) in [5, 5.41) is 2.57. The maximum absolute atomic E-state index is 13.1. The van der Waals surface area contributed by atoms with Gasteiger partial charge in [-0.15, -0.1) is 0 Å². The number of amides is 1. The number of sulfonamides is 1. The number of nitrogens with zero attached hydrogens (tertiary/aromatic N) is 1. The fourth-order valence-corrected chi connectivity index (χ4v) is 5.45. The van der Waals surface area contributed by atoms with Gasteiger partial charge in [-0.3, -0.25) is 4.79 Å². The van der Waals surface area contributed by atoms with Gasteiger partial charge in [-0.2, -0.15) is 17.5 Å². The number of piperidine rings is 1. The van der Waals surface area contributed by atoms with E-state index in [0.29, 0.717) is 0 Å². The lowest BCUT2D eigenvalue weighted by Crippen LogP contribution is -2.41. The van der Waals surface area contributed by atoms with Crippen LogP contribution < -0.4 is 5.32 Å². The van der Waals surface area contributed by atoms with Gasteiger partial charge < -0.3 is 5.32 Å². The second-order valence-corrected chi connectivity index (χ2v) is 9.54. The van der Waals surface area contributed by atoms with Crippen LogP contribution in [0.5, 0.6) is 0 Å². The van der Waals surface area contributed by atoms with Crippen molar-refractivity contribution in [1.82, 2.24) is 4.31 Å². The molecule has 2 aromatic carbocycles. The smallest absolute Gasteiger partial charge is 0.325 e. The molecule has 1 aliphatic rings. The minimum atomic E-state index is -4.60. The number of alkyl halides is 3. The molecule has 0 spiro atoms. The van der Waals surface area contributed by atoms with Gasteiger partial charge in [0.05, 0.1) is 16.3 Å². The van der Waals surface area contributed by atoms with Crippen LogP contribution in [-0.2, 0) is 21.0 Å². The summed E-state index contributed by atoms with van der Waals surface area (Å²) in [7, 11) is -3.91. The van der Waals surface area contributed by atoms with Gasteiger partial charge in [0.15, 0.2) is 0 Å². The highest BCUT2D eigenvalue weighted by Crippen LogP contribution is 2.35. The normalized spacial score (nSPS) is 16.4. The average molecular weight is 481 g/mol. The first-order chi connectivity index (χ1) is 14.0. The average Bonchev–Trinajstić information content (AvgIpc) is 2.69. The zero-order chi connectivity index (χ0) is 22.1. The van der Waals surface area contributed by atoms with Gasteiger partial charge in [-0.1, -0.05) is 35.3 Å². The molecular formula is C19H17Cl2F3N2O3S. The number of halogens is 5. The fourth-order valence-electron chi connectivity index (χ4n) is 3.25. The molecule has 0 bridgehead atoms. The summed E-state index contributed by atoms with van der Waals surface area (Å²) in [6.45, 7) is 0.0638. The van der Waals surface area contributed by atoms with Crippen molar-refractivity contribution < 1.29 is 26.4 Å². The molecule has 0 radical (unpaired) electrons. The van der Waals surface area contributed by atoms with Crippen molar-refractivity contribution in [1.29, 1.82) is 0 Å². The Morgan fingerprint density at radius 2 is 1.70 bits per heavy atom. The second-order valence-electron chi connectivity index (χ2n) is 6.79. The molecule has 1 N–H and O–H groups in total. The molecular weight excluding hydrogens is 464 g/mol. The van der Waals surface area contributed by atoms with E-state index < -0.39 is 33.6 Å². The minimum Gasteiger partial charge on any atom is -0.325 e. The van der Waals surface area contributed by atoms with Crippen LogP contribution in [0.25, 0.3) is 0 Å². The molecule has 1 aliphatic heterocycles. The summed E-state index contributed by atoms with van der Waals surface area (Å²) in [6, 6.07) is 8.82. The van der Waals surface area contributed by atoms with E-state index in [-0.39, 0.29) is 46.6 Å². The molecule has 30 heavy (non-hydrogen) atoms. The molecule has 0 aliphatic carbocycles. The summed E-state index contributed by atoms with van der Waals surface area (Å²) < 4.78 is 66.2. The van der Waals surface area contributed by atoms with Crippen LogP contribution in [0.1, 0.15) is 18.4 Å². The highest BCUT2D eigenvalue weighted by Gasteiger charge is 2.36. The highest BCUT2D eigenvalue weighted by molar-refractivity contribution is 7.89. The monoisotopic (exact) mass is 480 g/mol. The van der Waals surface area contributed by atoms with Crippen LogP contribution in [0, 0.1) is 5.92 Å². The van der Waals surface area contributed by atoms with Crippen molar-refractivity contribution in [2.75, 3.05) is 18.4 Å². The van der Waals surface area contributed by atoms with Crippen molar-refractivity contribution in [2.24, 2.45) is 5.92 Å². The molecule has 1 saturated heterocycles. The van der Waals surface area contributed by atoms with Crippen molar-refractivity contribution in [3.8, 4) is 0 Å². The SMILES string of the molecule is O=C(Nc1ccccc1C(F)(F)F)C1CCN(S(=O)(=O)c2cc(Cl)ccc2Cl)CC1. The summed E-state index contributed by atoms with van der Waals surface area (Å²) in [5.74, 6) is -1.20. The number of benzene rings is 2. The lowest BCUT2D eigenvalue weighted by Gasteiger charge is -2.31. The lowest BCUT2D eigenvalue weighted by molar-refractivity contribution is -0.137. The molecule has 1 amide bonds. The van der Waals surface area contributed by atoms with E-state index in [4.69, 9.17) is 23.2 Å². The minimum absolute atomic E-state index is 0.0306. The number of anilines is 1. The Morgan fingerprint density at radius 1 is 1.07 bits per heavy atom. The Labute approximate surface area is 181 Å². The van der Waals surface area contributed by atoms with Gasteiger partial charge in [0.2, 0.25) is 15.9 Å². The fraction of sp³-hybridized carbons (Fsp3) is 0.316. The van der Waals surface area contributed by atoms with Gasteiger partial charge in [0.1, 0.15) is 4.90 Å². The standard InChI is InChI=1S/C19H17Cl2F3N2O3S/c20-13-5-6-15(21)17(11-13)30(28,29)26-9-7-12(8-10-26)18(27)25-16-4-2-1-3-14(16)19(22,23)24/h1-6,11-12H,7-10H2,(H,25,27). The number of hydrogen-bond acceptors (Lipinski definition) is 3. The van der Waals surface area contributed by atoms with E-state index in [1.807, 2.05) is 0 Å². The zero-order valence-corrected chi connectivity index (χ0v) is 17.7. The molecule has 0 saturated carbocycles. The molecule has 5 nitrogen and oxygen atoms in total. The van der Waals surface area contributed by atoms with E-state index in [0.717, 1.165) is 6.07 Å². The number of nitrogens with one attached hydrogen (secondary N) is 1. The Bertz CT molecular complexity index is 1050. The predicted octanol–water partition coefficient (Wildman–Crippen LogP) is 5.05. The summed E-state index contributed by atoms with van der Waals surface area (Å²) in [4.78, 5) is 12.4. The number of carbonyl (C=O) groups excluding carboxylic acids is 1. The number of para-hydroxylation sites is 1. The zero-order valence-electron chi connectivity index (χ0n) is 15.4. The summed E-state index contributed by atoms with van der Waals surface area (Å²) in [6.07, 6.45) is -4.27. The molecule has 0 aromatic heterocycles. The number of carbonyl (C=O) groups is 1. The van der Waals surface area contributed by atoms with Gasteiger partial charge in [0.25, 0.3) is 0 Å². The van der Waals surface area contributed by atoms with E-state index in [1.165, 1.54) is 40.7 Å². The first kappa shape index (κ1) is 22.9. The Balaban J connectivity index is 1.69. The maximum Gasteiger partial charge on any atom is 0.418 e. The highest BCUT2D eigenvalue weighted by atomic mass is 35.5. The molecule has 162 valence electrons. The molecule has 3 rings (SSSR count). The Kier molecular flexibility index (Phi) is 6.66. The van der Waals surface area contributed by atoms with E-state index in [1.54, 1.807) is 0 Å². The molecule has 0 atom stereocenters. The van der Waals surface area contributed by atoms with Crippen LogP contribution in [0.3, 0.4) is 0 Å². The Morgan fingerprint density at radius 3 is 2.33 bits per heavy atom. The molecule has 0 unspecified atom stereocenters.